The lowest BCUT2D eigenvalue weighted by Crippen LogP contribution is -2.58. The first-order valence-corrected chi connectivity index (χ1v) is 9.60. The van der Waals surface area contributed by atoms with Crippen LogP contribution in [0.4, 0.5) is 0 Å². The zero-order chi connectivity index (χ0) is 17.1. The topological polar surface area (TPSA) is 65.9 Å². The van der Waals surface area contributed by atoms with Gasteiger partial charge in [0.2, 0.25) is 5.91 Å². The number of hydrogen-bond donors (Lipinski definition) is 1. The number of carbonyl (C=O) groups is 1. The van der Waals surface area contributed by atoms with Gasteiger partial charge in [-0.15, -0.1) is 11.3 Å². The SMILES string of the molecule is Cc1nc(CC(=O)N(C)[C@@H]2CCC[C@@H](N3CCOCC3)[C@@H]2O)cs1. The molecule has 2 fully saturated rings. The summed E-state index contributed by atoms with van der Waals surface area (Å²) in [5, 5.41) is 13.8. The zero-order valence-electron chi connectivity index (χ0n) is 14.5. The molecule has 0 spiro atoms. The van der Waals surface area contributed by atoms with Gasteiger partial charge in [0.05, 0.1) is 42.5 Å². The maximum Gasteiger partial charge on any atom is 0.228 e. The summed E-state index contributed by atoms with van der Waals surface area (Å²) in [7, 11) is 1.82. The molecule has 7 heteroatoms. The van der Waals surface area contributed by atoms with Crippen molar-refractivity contribution in [3.8, 4) is 0 Å². The Morgan fingerprint density at radius 1 is 1.46 bits per heavy atom. The van der Waals surface area contributed by atoms with Gasteiger partial charge in [-0.2, -0.15) is 0 Å². The maximum absolute atomic E-state index is 12.6. The summed E-state index contributed by atoms with van der Waals surface area (Å²) in [6, 6.07) is 0.0169. The fourth-order valence-corrected chi connectivity index (χ4v) is 4.43. The summed E-state index contributed by atoms with van der Waals surface area (Å²) < 4.78 is 5.41. The van der Waals surface area contributed by atoms with Gasteiger partial charge in [0.1, 0.15) is 0 Å². The van der Waals surface area contributed by atoms with Crippen molar-refractivity contribution in [1.82, 2.24) is 14.8 Å². The maximum atomic E-state index is 12.6. The monoisotopic (exact) mass is 353 g/mol. The summed E-state index contributed by atoms with van der Waals surface area (Å²) in [6.45, 7) is 5.13. The van der Waals surface area contributed by atoms with Crippen LogP contribution in [0.25, 0.3) is 0 Å². The summed E-state index contributed by atoms with van der Waals surface area (Å²) in [4.78, 5) is 21.0. The van der Waals surface area contributed by atoms with Gasteiger partial charge < -0.3 is 14.7 Å². The molecule has 0 bridgehead atoms. The highest BCUT2D eigenvalue weighted by molar-refractivity contribution is 7.09. The van der Waals surface area contributed by atoms with Crippen molar-refractivity contribution in [2.24, 2.45) is 0 Å². The number of carbonyl (C=O) groups excluding carboxylic acids is 1. The number of nitrogens with zero attached hydrogens (tertiary/aromatic N) is 3. The zero-order valence-corrected chi connectivity index (χ0v) is 15.3. The molecule has 134 valence electrons. The van der Waals surface area contributed by atoms with E-state index in [1.54, 1.807) is 16.2 Å². The molecular formula is C17H27N3O3S. The van der Waals surface area contributed by atoms with Gasteiger partial charge >= 0.3 is 0 Å². The Bertz CT molecular complexity index is 559. The average molecular weight is 353 g/mol. The minimum atomic E-state index is -0.497. The highest BCUT2D eigenvalue weighted by atomic mass is 32.1. The van der Waals surface area contributed by atoms with Crippen LogP contribution in [0.3, 0.4) is 0 Å². The first-order valence-electron chi connectivity index (χ1n) is 8.73. The number of ether oxygens (including phenoxy) is 1. The number of thiazole rings is 1. The second kappa shape index (κ2) is 7.91. The van der Waals surface area contributed by atoms with Gasteiger partial charge in [-0.25, -0.2) is 4.98 Å². The molecule has 1 aromatic rings. The van der Waals surface area contributed by atoms with Crippen molar-refractivity contribution in [3.05, 3.63) is 16.1 Å². The van der Waals surface area contributed by atoms with E-state index in [2.05, 4.69) is 9.88 Å². The van der Waals surface area contributed by atoms with E-state index in [1.807, 2.05) is 19.4 Å². The summed E-state index contributed by atoms with van der Waals surface area (Å²) in [5.41, 5.74) is 0.823. The Morgan fingerprint density at radius 2 is 2.21 bits per heavy atom. The average Bonchev–Trinajstić information content (AvgIpc) is 3.00. The van der Waals surface area contributed by atoms with Crippen LogP contribution in [-0.2, 0) is 16.0 Å². The quantitative estimate of drug-likeness (QED) is 0.877. The number of aliphatic hydroxyl groups is 1. The van der Waals surface area contributed by atoms with Crippen LogP contribution in [0.15, 0.2) is 5.38 Å². The molecule has 3 atom stereocenters. The first-order chi connectivity index (χ1) is 11.6. The van der Waals surface area contributed by atoms with Crippen molar-refractivity contribution in [2.75, 3.05) is 33.4 Å². The van der Waals surface area contributed by atoms with Crippen molar-refractivity contribution < 1.29 is 14.6 Å². The molecule has 0 unspecified atom stereocenters. The van der Waals surface area contributed by atoms with Crippen LogP contribution in [-0.4, -0.2) is 77.3 Å². The molecule has 1 saturated carbocycles. The molecule has 0 radical (unpaired) electrons. The van der Waals surface area contributed by atoms with E-state index in [0.717, 1.165) is 56.3 Å². The fourth-order valence-electron chi connectivity index (χ4n) is 3.82. The standard InChI is InChI=1S/C17H27N3O3S/c1-12-18-13(11-24-12)10-16(21)19(2)14-4-3-5-15(17(14)22)20-6-8-23-9-7-20/h11,14-15,17,22H,3-10H2,1-2H3/t14-,15-,17-/m1/s1. The van der Waals surface area contributed by atoms with Gasteiger partial charge in [-0.3, -0.25) is 9.69 Å². The molecule has 1 aromatic heterocycles. The Kier molecular flexibility index (Phi) is 5.86. The van der Waals surface area contributed by atoms with Gasteiger partial charge in [-0.05, 0) is 26.2 Å². The van der Waals surface area contributed by atoms with Gasteiger partial charge in [0, 0.05) is 31.6 Å². The molecule has 1 amide bonds. The first kappa shape index (κ1) is 17.8. The summed E-state index contributed by atoms with van der Waals surface area (Å²) >= 11 is 1.56. The molecule has 2 aliphatic rings. The van der Waals surface area contributed by atoms with Crippen LogP contribution in [0.5, 0.6) is 0 Å². The minimum absolute atomic E-state index is 0.0342. The Labute approximate surface area is 147 Å². The third kappa shape index (κ3) is 3.96. The molecule has 1 N–H and O–H groups in total. The molecule has 2 heterocycles. The fraction of sp³-hybridized carbons (Fsp3) is 0.765. The normalized spacial score (nSPS) is 28.7. The van der Waals surface area contributed by atoms with Gasteiger partial charge in [0.15, 0.2) is 0 Å². The van der Waals surface area contributed by atoms with E-state index in [4.69, 9.17) is 4.74 Å². The van der Waals surface area contributed by atoms with Gasteiger partial charge in [-0.1, -0.05) is 0 Å². The van der Waals surface area contributed by atoms with E-state index in [9.17, 15) is 9.90 Å². The number of likely N-dealkylation sites (N-methyl/N-ethyl adjacent to an activating group) is 1. The number of rotatable bonds is 4. The number of amides is 1. The van der Waals surface area contributed by atoms with Crippen LogP contribution in [0, 0.1) is 6.92 Å². The highest BCUT2D eigenvalue weighted by Crippen LogP contribution is 2.27. The van der Waals surface area contributed by atoms with E-state index in [-0.39, 0.29) is 18.0 Å². The lowest BCUT2D eigenvalue weighted by atomic mass is 9.86. The lowest BCUT2D eigenvalue weighted by Gasteiger charge is -2.45. The van der Waals surface area contributed by atoms with Crippen molar-refractivity contribution >= 4 is 17.2 Å². The third-order valence-electron chi connectivity index (χ3n) is 5.19. The number of hydrogen-bond acceptors (Lipinski definition) is 6. The molecule has 1 aliphatic heterocycles. The molecule has 1 saturated heterocycles. The Morgan fingerprint density at radius 3 is 2.88 bits per heavy atom. The predicted octanol–water partition coefficient (Wildman–Crippen LogP) is 1.07. The largest absolute Gasteiger partial charge is 0.389 e. The van der Waals surface area contributed by atoms with E-state index >= 15 is 0 Å². The van der Waals surface area contributed by atoms with Crippen molar-refractivity contribution in [2.45, 2.75) is 50.8 Å². The van der Waals surface area contributed by atoms with Crippen LogP contribution < -0.4 is 0 Å². The Balaban J connectivity index is 1.62. The van der Waals surface area contributed by atoms with E-state index in [0.29, 0.717) is 6.42 Å². The number of aliphatic hydroxyl groups excluding tert-OH is 1. The van der Waals surface area contributed by atoms with Crippen LogP contribution >= 0.6 is 11.3 Å². The number of morpholine rings is 1. The van der Waals surface area contributed by atoms with Crippen molar-refractivity contribution in [1.29, 1.82) is 0 Å². The van der Waals surface area contributed by atoms with Crippen molar-refractivity contribution in [3.63, 3.8) is 0 Å². The molecule has 24 heavy (non-hydrogen) atoms. The second-order valence-electron chi connectivity index (χ2n) is 6.74. The predicted molar refractivity (Wildman–Crippen MR) is 93.2 cm³/mol. The van der Waals surface area contributed by atoms with E-state index in [1.165, 1.54) is 0 Å². The summed E-state index contributed by atoms with van der Waals surface area (Å²) in [5.74, 6) is 0.0342. The third-order valence-corrected chi connectivity index (χ3v) is 6.02. The smallest absolute Gasteiger partial charge is 0.228 e. The minimum Gasteiger partial charge on any atom is -0.389 e. The summed E-state index contributed by atoms with van der Waals surface area (Å²) in [6.07, 6.45) is 2.71. The van der Waals surface area contributed by atoms with E-state index < -0.39 is 6.10 Å². The Hall–Kier alpha value is -1.02. The molecule has 3 rings (SSSR count). The number of aromatic nitrogens is 1. The van der Waals surface area contributed by atoms with Crippen LogP contribution in [0.2, 0.25) is 0 Å². The second-order valence-corrected chi connectivity index (χ2v) is 7.81. The molecule has 0 aromatic carbocycles. The lowest BCUT2D eigenvalue weighted by molar-refractivity contribution is -0.137. The highest BCUT2D eigenvalue weighted by Gasteiger charge is 2.39. The van der Waals surface area contributed by atoms with Crippen LogP contribution in [0.1, 0.15) is 30.0 Å². The van der Waals surface area contributed by atoms with Gasteiger partial charge in [0.25, 0.3) is 0 Å². The molecule has 1 aliphatic carbocycles. The molecule has 6 nitrogen and oxygen atoms in total. The number of aryl methyl sites for hydroxylation is 1. The molecular weight excluding hydrogens is 326 g/mol.